The van der Waals surface area contributed by atoms with Gasteiger partial charge in [-0.3, -0.25) is 9.78 Å². The van der Waals surface area contributed by atoms with Gasteiger partial charge in [0.1, 0.15) is 23.2 Å². The Kier molecular flexibility index (Phi) is 5.86. The van der Waals surface area contributed by atoms with Gasteiger partial charge in [-0.05, 0) is 41.3 Å². The summed E-state index contributed by atoms with van der Waals surface area (Å²) in [5.41, 5.74) is 2.84. The van der Waals surface area contributed by atoms with Crippen molar-refractivity contribution in [2.45, 2.75) is 6.42 Å². The van der Waals surface area contributed by atoms with Gasteiger partial charge in [-0.2, -0.15) is 5.26 Å². The summed E-state index contributed by atoms with van der Waals surface area (Å²) in [6.45, 7) is 0.414. The van der Waals surface area contributed by atoms with E-state index in [0.717, 1.165) is 16.6 Å². The van der Waals surface area contributed by atoms with Crippen LogP contribution in [0.15, 0.2) is 72.9 Å². The van der Waals surface area contributed by atoms with Crippen molar-refractivity contribution in [1.82, 2.24) is 15.3 Å². The molecule has 0 saturated heterocycles. The number of carbonyl (C=O) groups is 1. The largest absolute Gasteiger partial charge is 0.497 e. The fraction of sp³-hybridized carbons (Fsp3) is 0.120. The summed E-state index contributed by atoms with van der Waals surface area (Å²) in [5, 5.41) is 14.1. The molecular weight excluding hydrogens is 388 g/mol. The summed E-state index contributed by atoms with van der Waals surface area (Å²) in [4.78, 5) is 21.7. The van der Waals surface area contributed by atoms with Gasteiger partial charge in [0.25, 0.3) is 5.91 Å². The summed E-state index contributed by atoms with van der Waals surface area (Å²) in [6, 6.07) is 22.8. The maximum Gasteiger partial charge on any atom is 0.270 e. The lowest BCUT2D eigenvalue weighted by atomic mass is 9.95. The van der Waals surface area contributed by atoms with Gasteiger partial charge in [0.05, 0.1) is 7.11 Å². The van der Waals surface area contributed by atoms with Gasteiger partial charge in [0.15, 0.2) is 0 Å². The number of rotatable bonds is 6. The first-order valence-corrected chi connectivity index (χ1v) is 9.86. The number of aromatic nitrogens is 2. The number of benzene rings is 2. The maximum atomic E-state index is 13.0. The van der Waals surface area contributed by atoms with E-state index in [0.29, 0.717) is 29.7 Å². The number of hydrogen-bond acceptors (Lipinski definition) is 5. The smallest absolute Gasteiger partial charge is 0.270 e. The van der Waals surface area contributed by atoms with Crippen LogP contribution in [-0.4, -0.2) is 29.5 Å². The third kappa shape index (κ3) is 4.21. The van der Waals surface area contributed by atoms with Gasteiger partial charge in [0.2, 0.25) is 0 Å². The van der Waals surface area contributed by atoms with Crippen LogP contribution in [0.3, 0.4) is 0 Å². The second kappa shape index (κ2) is 9.06. The first-order valence-electron chi connectivity index (χ1n) is 9.86. The van der Waals surface area contributed by atoms with Crippen LogP contribution in [0.2, 0.25) is 0 Å². The summed E-state index contributed by atoms with van der Waals surface area (Å²) in [7, 11) is 1.58. The number of nitrogens with one attached hydrogen (secondary N) is 1. The van der Waals surface area contributed by atoms with Crippen LogP contribution in [0.4, 0.5) is 0 Å². The molecule has 0 bridgehead atoms. The standard InChI is InChI=1S/C25H20N4O2/c1-31-19-10-11-20-21(15-19)23(17-7-3-2-4-8-17)22(16-26)29-24(20)25(30)28-14-12-18-9-5-6-13-27-18/h2-11,13,15H,12,14H2,1H3,(H,28,30). The molecule has 4 aromatic rings. The molecule has 6 nitrogen and oxygen atoms in total. The number of amides is 1. The highest BCUT2D eigenvalue weighted by Gasteiger charge is 2.20. The fourth-order valence-electron chi connectivity index (χ4n) is 3.50. The van der Waals surface area contributed by atoms with Crippen molar-refractivity contribution in [2.24, 2.45) is 0 Å². The average Bonchev–Trinajstić information content (AvgIpc) is 2.83. The van der Waals surface area contributed by atoms with Gasteiger partial charge in [-0.25, -0.2) is 4.98 Å². The summed E-state index contributed by atoms with van der Waals surface area (Å²) in [6.07, 6.45) is 2.33. The third-order valence-corrected chi connectivity index (χ3v) is 4.99. The average molecular weight is 408 g/mol. The molecule has 2 heterocycles. The Balaban J connectivity index is 1.76. The monoisotopic (exact) mass is 408 g/mol. The molecule has 0 aliphatic carbocycles. The SMILES string of the molecule is COc1ccc2c(C(=O)NCCc3ccccn3)nc(C#N)c(-c3ccccc3)c2c1. The molecule has 0 aliphatic rings. The van der Waals surface area contributed by atoms with Crippen LogP contribution in [0.25, 0.3) is 21.9 Å². The van der Waals surface area contributed by atoms with Gasteiger partial charge < -0.3 is 10.1 Å². The van der Waals surface area contributed by atoms with Crippen LogP contribution in [0.1, 0.15) is 21.9 Å². The highest BCUT2D eigenvalue weighted by molar-refractivity contribution is 6.10. The van der Waals surface area contributed by atoms with E-state index in [1.807, 2.05) is 60.7 Å². The molecule has 0 atom stereocenters. The Hall–Kier alpha value is -4.24. The van der Waals surface area contributed by atoms with E-state index in [4.69, 9.17) is 4.74 Å². The van der Waals surface area contributed by atoms with Gasteiger partial charge in [0, 0.05) is 35.8 Å². The Labute approximate surface area is 180 Å². The number of fused-ring (bicyclic) bond motifs is 1. The van der Waals surface area contributed by atoms with E-state index in [1.165, 1.54) is 0 Å². The molecule has 4 rings (SSSR count). The van der Waals surface area contributed by atoms with Crippen molar-refractivity contribution >= 4 is 16.7 Å². The van der Waals surface area contributed by atoms with Gasteiger partial charge in [-0.1, -0.05) is 36.4 Å². The topological polar surface area (TPSA) is 87.9 Å². The quantitative estimate of drug-likeness (QED) is 0.518. The molecule has 0 saturated carbocycles. The lowest BCUT2D eigenvalue weighted by Gasteiger charge is -2.14. The second-order valence-electron chi connectivity index (χ2n) is 6.90. The van der Waals surface area contributed by atoms with E-state index >= 15 is 0 Å². The second-order valence-corrected chi connectivity index (χ2v) is 6.90. The van der Waals surface area contributed by atoms with Gasteiger partial charge >= 0.3 is 0 Å². The normalized spacial score (nSPS) is 10.5. The number of hydrogen-bond donors (Lipinski definition) is 1. The number of ether oxygens (including phenoxy) is 1. The predicted molar refractivity (Wildman–Crippen MR) is 119 cm³/mol. The molecule has 1 N–H and O–H groups in total. The molecule has 0 aliphatic heterocycles. The molecule has 0 spiro atoms. The Morgan fingerprint density at radius 3 is 2.58 bits per heavy atom. The van der Waals surface area contributed by atoms with Gasteiger partial charge in [-0.15, -0.1) is 0 Å². The number of pyridine rings is 2. The van der Waals surface area contributed by atoms with Crippen molar-refractivity contribution in [3.8, 4) is 22.9 Å². The molecule has 31 heavy (non-hydrogen) atoms. The zero-order valence-electron chi connectivity index (χ0n) is 17.0. The molecule has 152 valence electrons. The number of carbonyl (C=O) groups excluding carboxylic acids is 1. The molecule has 2 aromatic carbocycles. The summed E-state index contributed by atoms with van der Waals surface area (Å²) < 4.78 is 5.39. The highest BCUT2D eigenvalue weighted by atomic mass is 16.5. The van der Waals surface area contributed by atoms with E-state index in [-0.39, 0.29) is 17.3 Å². The minimum absolute atomic E-state index is 0.196. The molecule has 0 radical (unpaired) electrons. The third-order valence-electron chi connectivity index (χ3n) is 4.99. The zero-order valence-corrected chi connectivity index (χ0v) is 17.0. The van der Waals surface area contributed by atoms with Crippen molar-refractivity contribution in [1.29, 1.82) is 5.26 Å². The highest BCUT2D eigenvalue weighted by Crippen LogP contribution is 2.34. The zero-order chi connectivity index (χ0) is 21.6. The Morgan fingerprint density at radius 2 is 1.87 bits per heavy atom. The molecule has 1 amide bonds. The maximum absolute atomic E-state index is 13.0. The van der Waals surface area contributed by atoms with Crippen LogP contribution < -0.4 is 10.1 Å². The van der Waals surface area contributed by atoms with E-state index in [2.05, 4.69) is 21.4 Å². The van der Waals surface area contributed by atoms with Crippen molar-refractivity contribution in [3.63, 3.8) is 0 Å². The first-order chi connectivity index (χ1) is 15.2. The minimum Gasteiger partial charge on any atom is -0.497 e. The lowest BCUT2D eigenvalue weighted by molar-refractivity contribution is 0.0951. The molecular formula is C25H20N4O2. The van der Waals surface area contributed by atoms with Crippen LogP contribution in [0.5, 0.6) is 5.75 Å². The predicted octanol–water partition coefficient (Wildman–Crippen LogP) is 4.15. The van der Waals surface area contributed by atoms with E-state index < -0.39 is 0 Å². The van der Waals surface area contributed by atoms with Crippen LogP contribution >= 0.6 is 0 Å². The van der Waals surface area contributed by atoms with Crippen LogP contribution in [-0.2, 0) is 6.42 Å². The summed E-state index contributed by atoms with van der Waals surface area (Å²) >= 11 is 0. The summed E-state index contributed by atoms with van der Waals surface area (Å²) in [5.74, 6) is 0.309. The minimum atomic E-state index is -0.331. The molecule has 6 heteroatoms. The number of nitrogens with zero attached hydrogens (tertiary/aromatic N) is 3. The van der Waals surface area contributed by atoms with Crippen molar-refractivity contribution < 1.29 is 9.53 Å². The van der Waals surface area contributed by atoms with Crippen molar-refractivity contribution in [2.75, 3.05) is 13.7 Å². The first kappa shape index (κ1) is 20.0. The van der Waals surface area contributed by atoms with Crippen molar-refractivity contribution in [3.05, 3.63) is 90.0 Å². The fourth-order valence-corrected chi connectivity index (χ4v) is 3.50. The molecule has 2 aromatic heterocycles. The number of nitriles is 1. The van der Waals surface area contributed by atoms with Crippen LogP contribution in [0, 0.1) is 11.3 Å². The van der Waals surface area contributed by atoms with E-state index in [1.54, 1.807) is 19.4 Å². The lowest BCUT2D eigenvalue weighted by Crippen LogP contribution is -2.27. The van der Waals surface area contributed by atoms with E-state index in [9.17, 15) is 10.1 Å². The Bertz CT molecular complexity index is 1270. The molecule has 0 fully saturated rings. The molecule has 0 unspecified atom stereocenters. The number of methoxy groups -OCH3 is 1. The Morgan fingerprint density at radius 1 is 1.06 bits per heavy atom.